The zero-order valence-electron chi connectivity index (χ0n) is 30.4. The number of methoxy groups -OCH3 is 2. The Labute approximate surface area is 314 Å². The van der Waals surface area contributed by atoms with Gasteiger partial charge in [0.15, 0.2) is 34.4 Å². The summed E-state index contributed by atoms with van der Waals surface area (Å²) in [5.74, 6) is 0.262. The number of ether oxygens (including phenoxy) is 6. The molecule has 0 radical (unpaired) electrons. The second-order valence-corrected chi connectivity index (χ2v) is 12.7. The molecule has 54 heavy (non-hydrogen) atoms. The topological polar surface area (TPSA) is 167 Å². The molecule has 0 aliphatic carbocycles. The number of aromatic nitrogens is 1. The molecule has 0 saturated carbocycles. The molecule has 1 aliphatic rings. The number of hydrogen-bond donors (Lipinski definition) is 0. The second kappa shape index (κ2) is 17.5. The van der Waals surface area contributed by atoms with Crippen LogP contribution in [-0.4, -0.2) is 55.5 Å². The minimum absolute atomic E-state index is 0.0212. The molecule has 0 bridgehead atoms. The number of non-ortho nitro benzene ring substituents is 1. The van der Waals surface area contributed by atoms with Gasteiger partial charge in [-0.2, -0.15) is 0 Å². The molecule has 1 aromatic heterocycles. The van der Waals surface area contributed by atoms with Crippen molar-refractivity contribution in [3.8, 4) is 23.0 Å². The van der Waals surface area contributed by atoms with Gasteiger partial charge in [-0.1, -0.05) is 23.5 Å². The molecule has 1 aliphatic heterocycles. The highest BCUT2D eigenvalue weighted by atomic mass is 32.1. The van der Waals surface area contributed by atoms with Crippen molar-refractivity contribution in [3.63, 3.8) is 0 Å². The van der Waals surface area contributed by atoms with Crippen molar-refractivity contribution in [3.05, 3.63) is 131 Å². The number of carbonyl (C=O) groups is 2. The summed E-state index contributed by atoms with van der Waals surface area (Å²) in [6.45, 7) is 9.23. The first-order valence-corrected chi connectivity index (χ1v) is 17.7. The Hall–Kier alpha value is -6.22. The largest absolute Gasteiger partial charge is 0.493 e. The van der Waals surface area contributed by atoms with Crippen LogP contribution in [0.25, 0.3) is 6.08 Å². The van der Waals surface area contributed by atoms with Crippen LogP contribution in [0.15, 0.2) is 88.3 Å². The number of nitro groups is 1. The van der Waals surface area contributed by atoms with Crippen molar-refractivity contribution in [2.24, 2.45) is 4.99 Å². The number of hydrogen-bond acceptors (Lipinski definition) is 13. The van der Waals surface area contributed by atoms with E-state index in [4.69, 9.17) is 23.7 Å². The van der Waals surface area contributed by atoms with Crippen LogP contribution in [0.2, 0.25) is 0 Å². The van der Waals surface area contributed by atoms with Crippen molar-refractivity contribution >= 4 is 35.0 Å². The summed E-state index contributed by atoms with van der Waals surface area (Å²) in [4.78, 5) is 55.2. The smallest absolute Gasteiger partial charge is 0.343 e. The predicted molar refractivity (Wildman–Crippen MR) is 200 cm³/mol. The van der Waals surface area contributed by atoms with Crippen molar-refractivity contribution in [1.82, 2.24) is 4.57 Å². The number of nitro benzene ring substituents is 1. The third kappa shape index (κ3) is 8.52. The lowest BCUT2D eigenvalue weighted by molar-refractivity contribution is -0.384. The van der Waals surface area contributed by atoms with Crippen molar-refractivity contribution in [2.45, 2.75) is 39.8 Å². The van der Waals surface area contributed by atoms with E-state index in [0.717, 1.165) is 22.5 Å². The van der Waals surface area contributed by atoms with E-state index in [1.807, 2.05) is 6.07 Å². The predicted octanol–water partition coefficient (Wildman–Crippen LogP) is 4.97. The number of allylic oxidation sites excluding steroid dienone is 2. The second-order valence-electron chi connectivity index (χ2n) is 11.7. The maximum absolute atomic E-state index is 14.4. The maximum atomic E-state index is 14.4. The van der Waals surface area contributed by atoms with Crippen molar-refractivity contribution in [1.29, 1.82) is 0 Å². The lowest BCUT2D eigenvalue weighted by Gasteiger charge is -2.25. The van der Waals surface area contributed by atoms with Gasteiger partial charge in [0, 0.05) is 17.7 Å². The van der Waals surface area contributed by atoms with Crippen LogP contribution in [0.5, 0.6) is 23.0 Å². The fraction of sp³-hybridized carbons (Fsp3) is 0.282. The third-order valence-electron chi connectivity index (χ3n) is 8.24. The van der Waals surface area contributed by atoms with Gasteiger partial charge in [-0.25, -0.2) is 14.6 Å². The van der Waals surface area contributed by atoms with E-state index in [9.17, 15) is 24.5 Å². The first-order valence-electron chi connectivity index (χ1n) is 16.9. The Morgan fingerprint density at radius 2 is 1.76 bits per heavy atom. The van der Waals surface area contributed by atoms with Crippen molar-refractivity contribution in [2.75, 3.05) is 34.0 Å². The number of nitrogens with zero attached hydrogens (tertiary/aromatic N) is 3. The summed E-state index contributed by atoms with van der Waals surface area (Å²) in [6, 6.07) is 13.7. The molecular formula is C39H39N3O11S. The average Bonchev–Trinajstić information content (AvgIpc) is 3.46. The molecule has 0 saturated heterocycles. The molecular weight excluding hydrogens is 719 g/mol. The quantitative estimate of drug-likeness (QED) is 0.0655. The van der Waals surface area contributed by atoms with E-state index < -0.39 is 28.5 Å². The van der Waals surface area contributed by atoms with Crippen LogP contribution in [0, 0.1) is 10.1 Å². The van der Waals surface area contributed by atoms with E-state index in [-0.39, 0.29) is 43.4 Å². The molecule has 282 valence electrons. The van der Waals surface area contributed by atoms with E-state index in [0.29, 0.717) is 49.8 Å². The highest BCUT2D eigenvalue weighted by Gasteiger charge is 2.34. The van der Waals surface area contributed by atoms with Gasteiger partial charge in [0.05, 0.1) is 54.2 Å². The Bertz CT molecular complexity index is 2290. The van der Waals surface area contributed by atoms with E-state index in [1.54, 1.807) is 69.3 Å². The monoisotopic (exact) mass is 757 g/mol. The molecule has 14 nitrogen and oxygen atoms in total. The number of carbonyl (C=O) groups excluding carboxylic acids is 2. The fourth-order valence-electron chi connectivity index (χ4n) is 5.80. The summed E-state index contributed by atoms with van der Waals surface area (Å²) in [6.07, 6.45) is 3.85. The normalized spacial score (nSPS) is 13.7. The molecule has 0 fully saturated rings. The molecule has 2 heterocycles. The highest BCUT2D eigenvalue weighted by Crippen LogP contribution is 2.37. The van der Waals surface area contributed by atoms with Crippen LogP contribution in [0.4, 0.5) is 5.69 Å². The number of esters is 2. The van der Waals surface area contributed by atoms with Crippen LogP contribution in [0.1, 0.15) is 49.1 Å². The molecule has 0 unspecified atom stereocenters. The standard InChI is InChI=1S/C39H39N3O11S/c1-7-10-27-17-25(18-31(48-5)36(27)53-21-24-11-14-28(15-12-24)42(46)47)19-32-37(44)41-35(34(38(45)51-9-3)23(4)40-39(41)54-32)26-13-16-29(30(20-26)50-8-2)52-22-33(43)49-6/h7,11-20,35H,1,8-10,21-22H2,2-6H3/b32-19-/t35-/m0/s1. The van der Waals surface area contributed by atoms with Gasteiger partial charge in [-0.3, -0.25) is 19.5 Å². The Morgan fingerprint density at radius 1 is 1.00 bits per heavy atom. The van der Waals surface area contributed by atoms with Crippen LogP contribution >= 0.6 is 11.3 Å². The van der Waals surface area contributed by atoms with Crippen LogP contribution < -0.4 is 33.8 Å². The lowest BCUT2D eigenvalue weighted by atomic mass is 9.95. The molecule has 15 heteroatoms. The Morgan fingerprint density at radius 3 is 2.41 bits per heavy atom. The van der Waals surface area contributed by atoms with Crippen molar-refractivity contribution < 1.29 is 42.9 Å². The van der Waals surface area contributed by atoms with E-state index >= 15 is 0 Å². The van der Waals surface area contributed by atoms with Gasteiger partial charge in [-0.15, -0.1) is 6.58 Å². The summed E-state index contributed by atoms with van der Waals surface area (Å²) in [5, 5.41) is 11.1. The van der Waals surface area contributed by atoms with Gasteiger partial charge >= 0.3 is 11.9 Å². The molecule has 4 aromatic rings. The molecule has 0 N–H and O–H groups in total. The van der Waals surface area contributed by atoms with Crippen LogP contribution in [-0.2, 0) is 32.1 Å². The summed E-state index contributed by atoms with van der Waals surface area (Å²) in [5.41, 5.74) is 2.78. The molecule has 1 atom stereocenters. The maximum Gasteiger partial charge on any atom is 0.343 e. The minimum atomic E-state index is -0.933. The zero-order chi connectivity index (χ0) is 38.9. The number of rotatable bonds is 16. The summed E-state index contributed by atoms with van der Waals surface area (Å²) in [7, 11) is 2.76. The Kier molecular flexibility index (Phi) is 12.7. The van der Waals surface area contributed by atoms with Gasteiger partial charge in [0.1, 0.15) is 6.61 Å². The average molecular weight is 758 g/mol. The van der Waals surface area contributed by atoms with Gasteiger partial charge < -0.3 is 28.4 Å². The summed E-state index contributed by atoms with van der Waals surface area (Å²) < 4.78 is 35.3. The first-order chi connectivity index (χ1) is 26.0. The molecule has 0 spiro atoms. The molecule has 5 rings (SSSR count). The summed E-state index contributed by atoms with van der Waals surface area (Å²) >= 11 is 1.16. The highest BCUT2D eigenvalue weighted by molar-refractivity contribution is 7.07. The van der Waals surface area contributed by atoms with Gasteiger partial charge in [0.2, 0.25) is 0 Å². The minimum Gasteiger partial charge on any atom is -0.493 e. The van der Waals surface area contributed by atoms with E-state index in [1.165, 1.54) is 30.9 Å². The number of benzene rings is 3. The lowest BCUT2D eigenvalue weighted by Crippen LogP contribution is -2.40. The fourth-order valence-corrected chi connectivity index (χ4v) is 6.84. The molecule has 0 amide bonds. The Balaban J connectivity index is 1.59. The van der Waals surface area contributed by atoms with Gasteiger partial charge in [-0.05, 0) is 86.4 Å². The SMILES string of the molecule is C=CCc1cc(/C=c2\sc3n(c2=O)[C@@H](c2ccc(OCC(=O)OC)c(OCC)c2)C(C(=O)OCC)=C(C)N=3)cc(OC)c1OCc1ccc([N+](=O)[O-])cc1. The van der Waals surface area contributed by atoms with Gasteiger partial charge in [0.25, 0.3) is 11.2 Å². The molecule has 3 aromatic carbocycles. The zero-order valence-corrected chi connectivity index (χ0v) is 31.2. The number of fused-ring (bicyclic) bond motifs is 1. The third-order valence-corrected chi connectivity index (χ3v) is 9.22. The number of thiazole rings is 1. The van der Waals surface area contributed by atoms with E-state index in [2.05, 4.69) is 16.3 Å². The first kappa shape index (κ1) is 39.0. The van der Waals surface area contributed by atoms with Crippen LogP contribution in [0.3, 0.4) is 0 Å².